The van der Waals surface area contributed by atoms with Crippen molar-refractivity contribution in [2.24, 2.45) is 11.7 Å². The largest absolute Gasteiger partial charge is 0.351 e. The summed E-state index contributed by atoms with van der Waals surface area (Å²) in [7, 11) is 0. The Morgan fingerprint density at radius 1 is 1.17 bits per heavy atom. The zero-order chi connectivity index (χ0) is 17.1. The second-order valence-corrected chi connectivity index (χ2v) is 6.95. The third-order valence-corrected chi connectivity index (χ3v) is 5.39. The first-order chi connectivity index (χ1) is 11.5. The maximum Gasteiger partial charge on any atom is 0.314 e. The Balaban J connectivity index is 1.72. The molecule has 0 spiro atoms. The fourth-order valence-corrected chi connectivity index (χ4v) is 4.04. The predicted octanol–water partition coefficient (Wildman–Crippen LogP) is 3.33. The topological polar surface area (TPSA) is 58.4 Å². The number of piperidine rings is 1. The van der Waals surface area contributed by atoms with Crippen LogP contribution in [0.5, 0.6) is 0 Å². The molecule has 1 aliphatic carbocycles. The molecule has 2 aliphatic rings. The molecule has 0 aromatic heterocycles. The number of likely N-dealkylation sites (tertiary alicyclic amines) is 1. The molecule has 132 valence electrons. The summed E-state index contributed by atoms with van der Waals surface area (Å²) < 4.78 is 27.6. The summed E-state index contributed by atoms with van der Waals surface area (Å²) in [5.41, 5.74) is 5.88. The Hall–Kier alpha value is -1.69. The summed E-state index contributed by atoms with van der Waals surface area (Å²) >= 11 is 0. The van der Waals surface area contributed by atoms with Crippen LogP contribution in [0.1, 0.15) is 50.1 Å². The smallest absolute Gasteiger partial charge is 0.314 e. The number of nitrogens with zero attached hydrogens (tertiary/aromatic N) is 1. The molecular weight excluding hydrogens is 312 g/mol. The first-order valence-corrected chi connectivity index (χ1v) is 8.80. The number of urea groups is 1. The van der Waals surface area contributed by atoms with Crippen molar-refractivity contribution in [3.8, 4) is 0 Å². The second-order valence-electron chi connectivity index (χ2n) is 6.95. The summed E-state index contributed by atoms with van der Waals surface area (Å²) in [4.78, 5) is 12.9. The van der Waals surface area contributed by atoms with Gasteiger partial charge in [0.1, 0.15) is 11.6 Å². The molecule has 1 saturated carbocycles. The van der Waals surface area contributed by atoms with Crippen molar-refractivity contribution in [2.75, 3.05) is 13.1 Å². The molecule has 1 aromatic rings. The molecule has 6 heteroatoms. The molecular formula is C18H25F2N3O. The highest BCUT2D eigenvalue weighted by Crippen LogP contribution is 2.37. The van der Waals surface area contributed by atoms with Crippen LogP contribution in [0.15, 0.2) is 18.2 Å². The Bertz CT molecular complexity index is 582. The van der Waals surface area contributed by atoms with Crippen LogP contribution in [0, 0.1) is 17.6 Å². The van der Waals surface area contributed by atoms with Crippen LogP contribution in [0.25, 0.3) is 0 Å². The number of nitrogens with two attached hydrogens (primary N) is 1. The number of amides is 2. The maximum absolute atomic E-state index is 14.3. The van der Waals surface area contributed by atoms with Gasteiger partial charge in [-0.15, -0.1) is 0 Å². The number of rotatable bonds is 4. The fraction of sp³-hybridized carbons (Fsp3) is 0.611. The molecule has 1 atom stereocenters. The van der Waals surface area contributed by atoms with Gasteiger partial charge in [-0.25, -0.2) is 13.6 Å². The van der Waals surface area contributed by atoms with Crippen LogP contribution >= 0.6 is 0 Å². The zero-order valence-electron chi connectivity index (χ0n) is 13.8. The number of nitrogens with one attached hydrogen (secondary N) is 1. The molecule has 0 bridgehead atoms. The van der Waals surface area contributed by atoms with Gasteiger partial charge in [0.2, 0.25) is 0 Å². The number of carbonyl (C=O) groups is 1. The summed E-state index contributed by atoms with van der Waals surface area (Å²) in [6, 6.07) is 3.60. The number of hydrogen-bond acceptors (Lipinski definition) is 2. The van der Waals surface area contributed by atoms with E-state index in [4.69, 9.17) is 5.73 Å². The van der Waals surface area contributed by atoms with Gasteiger partial charge in [0, 0.05) is 36.8 Å². The maximum atomic E-state index is 14.3. The number of benzene rings is 1. The zero-order valence-corrected chi connectivity index (χ0v) is 13.8. The number of halogens is 2. The van der Waals surface area contributed by atoms with Gasteiger partial charge in [0.15, 0.2) is 0 Å². The first-order valence-electron chi connectivity index (χ1n) is 8.80. The normalized spacial score (nSPS) is 21.2. The molecule has 1 aromatic carbocycles. The van der Waals surface area contributed by atoms with Gasteiger partial charge in [0.05, 0.1) is 0 Å². The minimum absolute atomic E-state index is 0.0989. The van der Waals surface area contributed by atoms with Gasteiger partial charge in [-0.05, 0) is 37.7 Å². The van der Waals surface area contributed by atoms with E-state index in [9.17, 15) is 13.6 Å². The van der Waals surface area contributed by atoms with Crippen molar-refractivity contribution in [3.63, 3.8) is 0 Å². The molecule has 3 N–H and O–H groups in total. The highest BCUT2D eigenvalue weighted by molar-refractivity contribution is 5.72. The molecule has 0 radical (unpaired) electrons. The molecule has 2 amide bonds. The van der Waals surface area contributed by atoms with Crippen molar-refractivity contribution in [1.82, 2.24) is 10.2 Å². The lowest BCUT2D eigenvalue weighted by atomic mass is 9.89. The van der Waals surface area contributed by atoms with Gasteiger partial charge >= 0.3 is 6.03 Å². The highest BCUT2D eigenvalue weighted by Gasteiger charge is 2.31. The quantitative estimate of drug-likeness (QED) is 0.885. The van der Waals surface area contributed by atoms with E-state index < -0.39 is 11.6 Å². The van der Waals surface area contributed by atoms with E-state index >= 15 is 0 Å². The Morgan fingerprint density at radius 3 is 2.42 bits per heavy atom. The predicted molar refractivity (Wildman–Crippen MR) is 88.4 cm³/mol. The average Bonchev–Trinajstić information content (AvgIpc) is 3.08. The van der Waals surface area contributed by atoms with Crippen LogP contribution in [-0.2, 0) is 0 Å². The minimum Gasteiger partial charge on any atom is -0.351 e. The summed E-state index contributed by atoms with van der Waals surface area (Å²) in [6.45, 7) is 1.24. The summed E-state index contributed by atoms with van der Waals surface area (Å²) in [5.74, 6) is -0.649. The van der Waals surface area contributed by atoms with Crippen molar-refractivity contribution in [1.29, 1.82) is 0 Å². The van der Waals surface area contributed by atoms with Crippen molar-refractivity contribution >= 4 is 6.03 Å². The lowest BCUT2D eigenvalue weighted by molar-refractivity contribution is 0.177. The lowest BCUT2D eigenvalue weighted by Crippen LogP contribution is -2.48. The van der Waals surface area contributed by atoms with E-state index in [0.29, 0.717) is 24.6 Å². The van der Waals surface area contributed by atoms with Gasteiger partial charge in [-0.3, -0.25) is 0 Å². The van der Waals surface area contributed by atoms with Gasteiger partial charge in [-0.2, -0.15) is 0 Å². The van der Waals surface area contributed by atoms with Crippen LogP contribution in [-0.4, -0.2) is 30.1 Å². The standard InChI is InChI=1S/C18H25F2N3O/c19-13-5-6-15(16(20)11-13)17(12-3-1-2-4-12)22-14-7-9-23(10-8-14)18(21)24/h5-6,11-12,14,17,22H,1-4,7-10H2,(H2,21,24). The molecule has 2 fully saturated rings. The first kappa shape index (κ1) is 17.1. The van der Waals surface area contributed by atoms with Crippen LogP contribution in [0.2, 0.25) is 0 Å². The van der Waals surface area contributed by atoms with Crippen LogP contribution < -0.4 is 11.1 Å². The van der Waals surface area contributed by atoms with E-state index in [1.54, 1.807) is 11.0 Å². The van der Waals surface area contributed by atoms with E-state index in [1.807, 2.05) is 0 Å². The highest BCUT2D eigenvalue weighted by atomic mass is 19.1. The van der Waals surface area contributed by atoms with Crippen molar-refractivity contribution in [3.05, 3.63) is 35.4 Å². The van der Waals surface area contributed by atoms with E-state index in [1.165, 1.54) is 6.07 Å². The Labute approximate surface area is 141 Å². The molecule has 1 aliphatic heterocycles. The molecule has 24 heavy (non-hydrogen) atoms. The Kier molecular flexibility index (Phi) is 5.33. The molecule has 3 rings (SSSR count). The molecule has 4 nitrogen and oxygen atoms in total. The fourth-order valence-electron chi connectivity index (χ4n) is 4.04. The lowest BCUT2D eigenvalue weighted by Gasteiger charge is -2.36. The summed E-state index contributed by atoms with van der Waals surface area (Å²) in [6.07, 6.45) is 6.05. The molecule has 1 heterocycles. The number of primary amides is 1. The van der Waals surface area contributed by atoms with Crippen molar-refractivity contribution < 1.29 is 13.6 Å². The van der Waals surface area contributed by atoms with Crippen LogP contribution in [0.3, 0.4) is 0 Å². The van der Waals surface area contributed by atoms with Gasteiger partial charge < -0.3 is 16.0 Å². The van der Waals surface area contributed by atoms with Gasteiger partial charge in [0.25, 0.3) is 0 Å². The monoisotopic (exact) mass is 337 g/mol. The summed E-state index contributed by atoms with van der Waals surface area (Å²) in [5, 5.41) is 3.59. The van der Waals surface area contributed by atoms with E-state index in [0.717, 1.165) is 44.6 Å². The SMILES string of the molecule is NC(=O)N1CCC(NC(c2ccc(F)cc2F)C2CCCC2)CC1. The van der Waals surface area contributed by atoms with Gasteiger partial charge in [-0.1, -0.05) is 18.9 Å². The average molecular weight is 337 g/mol. The van der Waals surface area contributed by atoms with Crippen LogP contribution in [0.4, 0.5) is 13.6 Å². The Morgan fingerprint density at radius 2 is 1.83 bits per heavy atom. The second kappa shape index (κ2) is 7.47. The minimum atomic E-state index is -0.545. The number of carbonyl (C=O) groups excluding carboxylic acids is 1. The molecule has 1 saturated heterocycles. The molecule has 1 unspecified atom stereocenters. The van der Waals surface area contributed by atoms with E-state index in [-0.39, 0.29) is 18.1 Å². The van der Waals surface area contributed by atoms with Crippen molar-refractivity contribution in [2.45, 2.75) is 50.6 Å². The third kappa shape index (κ3) is 3.86. The van der Waals surface area contributed by atoms with E-state index in [2.05, 4.69) is 5.32 Å². The third-order valence-electron chi connectivity index (χ3n) is 5.39. The number of hydrogen-bond donors (Lipinski definition) is 2.